The second kappa shape index (κ2) is 8.45. The number of carbonyl (C=O) groups excluding carboxylic acids is 1. The Bertz CT molecular complexity index is 847. The molecular formula is C15H15N5O2S3. The molecular weight excluding hydrogens is 378 g/mol. The van der Waals surface area contributed by atoms with Crippen molar-refractivity contribution >= 4 is 40.8 Å². The van der Waals surface area contributed by atoms with Crippen LogP contribution in [0.4, 0.5) is 0 Å². The van der Waals surface area contributed by atoms with Crippen LogP contribution >= 0.6 is 34.9 Å². The van der Waals surface area contributed by atoms with Gasteiger partial charge in [-0.25, -0.2) is 0 Å². The summed E-state index contributed by atoms with van der Waals surface area (Å²) in [5.41, 5.74) is 7.31. The van der Waals surface area contributed by atoms with E-state index in [4.69, 9.17) is 10.3 Å². The molecule has 0 spiro atoms. The quantitative estimate of drug-likeness (QED) is 0.582. The van der Waals surface area contributed by atoms with Crippen LogP contribution in [0.25, 0.3) is 11.4 Å². The highest BCUT2D eigenvalue weighted by molar-refractivity contribution is 8.03. The highest BCUT2D eigenvalue weighted by atomic mass is 32.2. The van der Waals surface area contributed by atoms with E-state index in [9.17, 15) is 4.79 Å². The van der Waals surface area contributed by atoms with Gasteiger partial charge in [0.2, 0.25) is 17.6 Å². The van der Waals surface area contributed by atoms with Crippen molar-refractivity contribution in [2.75, 3.05) is 5.75 Å². The Morgan fingerprint density at radius 2 is 1.92 bits per heavy atom. The maximum absolute atomic E-state index is 10.8. The molecule has 2 aromatic heterocycles. The summed E-state index contributed by atoms with van der Waals surface area (Å²) in [6.07, 6.45) is 0.996. The zero-order valence-electron chi connectivity index (χ0n) is 13.3. The predicted molar refractivity (Wildman–Crippen MR) is 98.5 cm³/mol. The van der Waals surface area contributed by atoms with Crippen molar-refractivity contribution in [2.24, 2.45) is 5.73 Å². The van der Waals surface area contributed by atoms with E-state index in [1.54, 1.807) is 0 Å². The highest BCUT2D eigenvalue weighted by Crippen LogP contribution is 2.30. The third kappa shape index (κ3) is 5.03. The van der Waals surface area contributed by atoms with Gasteiger partial charge in [0.05, 0.1) is 11.5 Å². The summed E-state index contributed by atoms with van der Waals surface area (Å²) in [6, 6.07) is 8.11. The van der Waals surface area contributed by atoms with E-state index in [-0.39, 0.29) is 11.7 Å². The first-order valence-corrected chi connectivity index (χ1v) is 10.2. The van der Waals surface area contributed by atoms with Crippen LogP contribution < -0.4 is 5.73 Å². The van der Waals surface area contributed by atoms with Gasteiger partial charge in [-0.1, -0.05) is 71.2 Å². The molecule has 1 amide bonds. The molecule has 2 N–H and O–H groups in total. The molecule has 0 aliphatic heterocycles. The number of aromatic nitrogens is 4. The number of amides is 1. The molecule has 0 fully saturated rings. The number of rotatable bonds is 8. The number of thioether (sulfide) groups is 2. The average Bonchev–Trinajstić information content (AvgIpc) is 3.27. The molecule has 0 aliphatic rings. The van der Waals surface area contributed by atoms with E-state index < -0.39 is 0 Å². The Balaban J connectivity index is 1.57. The number of benzene rings is 1. The van der Waals surface area contributed by atoms with Crippen molar-refractivity contribution in [2.45, 2.75) is 27.8 Å². The largest absolute Gasteiger partial charge is 0.369 e. The van der Waals surface area contributed by atoms with Crippen LogP contribution in [0.2, 0.25) is 0 Å². The third-order valence-electron chi connectivity index (χ3n) is 3.13. The van der Waals surface area contributed by atoms with E-state index in [1.165, 1.54) is 40.4 Å². The van der Waals surface area contributed by atoms with E-state index >= 15 is 0 Å². The molecule has 10 heteroatoms. The third-order valence-corrected chi connectivity index (χ3v) is 6.33. The number of carbonyl (C=O) groups is 1. The summed E-state index contributed by atoms with van der Waals surface area (Å²) in [4.78, 5) is 15.2. The SMILES string of the molecule is CCc1ccc(-c2noc(CSc3nnc(SCC(N)=O)s3)n2)cc1. The van der Waals surface area contributed by atoms with Gasteiger partial charge in [0.15, 0.2) is 8.68 Å². The molecule has 0 radical (unpaired) electrons. The summed E-state index contributed by atoms with van der Waals surface area (Å²) in [5.74, 6) is 1.44. The molecule has 25 heavy (non-hydrogen) atoms. The van der Waals surface area contributed by atoms with E-state index in [0.717, 1.165) is 16.3 Å². The monoisotopic (exact) mass is 393 g/mol. The Kier molecular flexibility index (Phi) is 6.05. The van der Waals surface area contributed by atoms with Gasteiger partial charge in [-0.05, 0) is 12.0 Å². The van der Waals surface area contributed by atoms with Crippen LogP contribution in [-0.4, -0.2) is 32.0 Å². The maximum Gasteiger partial charge on any atom is 0.237 e. The molecule has 7 nitrogen and oxygen atoms in total. The van der Waals surface area contributed by atoms with Crippen LogP contribution in [0.15, 0.2) is 37.5 Å². The molecule has 0 saturated heterocycles. The zero-order valence-corrected chi connectivity index (χ0v) is 15.8. The van der Waals surface area contributed by atoms with E-state index in [2.05, 4.69) is 39.4 Å². The lowest BCUT2D eigenvalue weighted by atomic mass is 10.1. The van der Waals surface area contributed by atoms with E-state index in [0.29, 0.717) is 21.8 Å². The van der Waals surface area contributed by atoms with Gasteiger partial charge < -0.3 is 10.3 Å². The minimum absolute atomic E-state index is 0.198. The van der Waals surface area contributed by atoms with Crippen molar-refractivity contribution in [3.8, 4) is 11.4 Å². The van der Waals surface area contributed by atoms with Gasteiger partial charge in [-0.3, -0.25) is 4.79 Å². The first-order valence-electron chi connectivity index (χ1n) is 7.43. The number of hydrogen-bond donors (Lipinski definition) is 1. The predicted octanol–water partition coefficient (Wildman–Crippen LogP) is 3.02. The fraction of sp³-hybridized carbons (Fsp3) is 0.267. The lowest BCUT2D eigenvalue weighted by Gasteiger charge is -1.97. The van der Waals surface area contributed by atoms with E-state index in [1.807, 2.05) is 12.1 Å². The Morgan fingerprint density at radius 1 is 1.20 bits per heavy atom. The maximum atomic E-state index is 10.8. The van der Waals surface area contributed by atoms with Crippen molar-refractivity contribution in [1.82, 2.24) is 20.3 Å². The molecule has 2 heterocycles. The number of nitrogens with zero attached hydrogens (tertiary/aromatic N) is 4. The molecule has 0 aliphatic carbocycles. The van der Waals surface area contributed by atoms with Gasteiger partial charge in [0.25, 0.3) is 0 Å². The number of hydrogen-bond acceptors (Lipinski definition) is 9. The van der Waals surface area contributed by atoms with Gasteiger partial charge >= 0.3 is 0 Å². The fourth-order valence-electron chi connectivity index (χ4n) is 1.89. The summed E-state index contributed by atoms with van der Waals surface area (Å²) in [5, 5.41) is 12.1. The Labute approximate surface area is 156 Å². The summed E-state index contributed by atoms with van der Waals surface area (Å²) < 4.78 is 6.78. The van der Waals surface area contributed by atoms with Crippen LogP contribution in [0, 0.1) is 0 Å². The van der Waals surface area contributed by atoms with Gasteiger partial charge in [-0.2, -0.15) is 4.98 Å². The normalized spacial score (nSPS) is 10.9. The first-order chi connectivity index (χ1) is 12.1. The van der Waals surface area contributed by atoms with Crippen molar-refractivity contribution in [3.05, 3.63) is 35.7 Å². The molecule has 3 aromatic rings. The highest BCUT2D eigenvalue weighted by Gasteiger charge is 2.12. The van der Waals surface area contributed by atoms with Crippen LogP contribution in [0.5, 0.6) is 0 Å². The van der Waals surface area contributed by atoms with Crippen molar-refractivity contribution < 1.29 is 9.32 Å². The van der Waals surface area contributed by atoms with Crippen molar-refractivity contribution in [3.63, 3.8) is 0 Å². The smallest absolute Gasteiger partial charge is 0.237 e. The van der Waals surface area contributed by atoms with Crippen LogP contribution in [0.3, 0.4) is 0 Å². The summed E-state index contributed by atoms with van der Waals surface area (Å²) in [6.45, 7) is 2.12. The fourth-order valence-corrected chi connectivity index (χ4v) is 4.49. The average molecular weight is 394 g/mol. The second-order valence-electron chi connectivity index (χ2n) is 4.94. The Hall–Kier alpha value is -1.91. The standard InChI is InChI=1S/C15H15N5O2S3/c1-2-9-3-5-10(6-4-9)13-17-12(22-20-13)8-24-15-19-18-14(25-15)23-7-11(16)21/h3-6H,2,7-8H2,1H3,(H2,16,21). The molecule has 0 saturated carbocycles. The zero-order chi connectivity index (χ0) is 17.6. The number of primary amides is 1. The second-order valence-corrected chi connectivity index (χ2v) is 8.36. The summed E-state index contributed by atoms with van der Waals surface area (Å²) in [7, 11) is 0. The van der Waals surface area contributed by atoms with Crippen molar-refractivity contribution in [1.29, 1.82) is 0 Å². The molecule has 0 unspecified atom stereocenters. The molecule has 130 valence electrons. The first kappa shape index (κ1) is 17.9. The molecule has 0 atom stereocenters. The van der Waals surface area contributed by atoms with Gasteiger partial charge in [-0.15, -0.1) is 10.2 Å². The minimum Gasteiger partial charge on any atom is -0.369 e. The molecule has 0 bridgehead atoms. The Morgan fingerprint density at radius 3 is 2.60 bits per heavy atom. The summed E-state index contributed by atoms with van der Waals surface area (Å²) >= 11 is 4.15. The number of aryl methyl sites for hydroxylation is 1. The number of nitrogens with two attached hydrogens (primary N) is 1. The topological polar surface area (TPSA) is 108 Å². The minimum atomic E-state index is -0.375. The van der Waals surface area contributed by atoms with Gasteiger partial charge in [0.1, 0.15) is 0 Å². The molecule has 3 rings (SSSR count). The lowest BCUT2D eigenvalue weighted by molar-refractivity contribution is -0.115. The lowest BCUT2D eigenvalue weighted by Crippen LogP contribution is -2.12. The van der Waals surface area contributed by atoms with Crippen LogP contribution in [-0.2, 0) is 17.0 Å². The van der Waals surface area contributed by atoms with Gasteiger partial charge in [0, 0.05) is 5.56 Å². The molecule has 1 aromatic carbocycles. The van der Waals surface area contributed by atoms with Crippen LogP contribution in [0.1, 0.15) is 18.4 Å².